The van der Waals surface area contributed by atoms with E-state index in [9.17, 15) is 0 Å². The average molecular weight is 300 g/mol. The fourth-order valence-electron chi connectivity index (χ4n) is 3.43. The molecular weight excluding hydrogens is 264 g/mol. The molecule has 0 aromatic carbocycles. The number of hydrogen-bond donors (Lipinski definition) is 1. The van der Waals surface area contributed by atoms with Crippen LogP contribution >= 0.6 is 0 Å². The van der Waals surface area contributed by atoms with Gasteiger partial charge in [-0.15, -0.1) is 0 Å². The van der Waals surface area contributed by atoms with Gasteiger partial charge in [0.15, 0.2) is 0 Å². The zero-order valence-corrected chi connectivity index (χ0v) is 14.9. The molecule has 3 atom stereocenters. The molecule has 21 heavy (non-hydrogen) atoms. The van der Waals surface area contributed by atoms with Crippen molar-refractivity contribution in [3.05, 3.63) is 0 Å². The van der Waals surface area contributed by atoms with Gasteiger partial charge < -0.3 is 14.8 Å². The summed E-state index contributed by atoms with van der Waals surface area (Å²) in [6.45, 7) is 14.5. The molecular formula is C17H36N2O2. The van der Waals surface area contributed by atoms with Gasteiger partial charge >= 0.3 is 0 Å². The summed E-state index contributed by atoms with van der Waals surface area (Å²) in [5, 5.41) is 3.65. The highest BCUT2D eigenvalue weighted by Gasteiger charge is 2.36. The normalized spacial score (nSPS) is 26.4. The molecule has 1 aliphatic rings. The van der Waals surface area contributed by atoms with Gasteiger partial charge in [-0.05, 0) is 24.3 Å². The number of methoxy groups -OCH3 is 2. The van der Waals surface area contributed by atoms with Gasteiger partial charge in [-0.1, -0.05) is 34.1 Å². The Morgan fingerprint density at radius 2 is 1.76 bits per heavy atom. The molecule has 0 spiro atoms. The standard InChI is InChI=1S/C17H36N2O2/c1-7-8-17(4,12-18-9-14(2)3)13-19-10-15(20-5)16(11-19)21-6/h14-16,18H,7-13H2,1-6H3. The topological polar surface area (TPSA) is 33.7 Å². The van der Waals surface area contributed by atoms with E-state index in [1.54, 1.807) is 14.2 Å². The lowest BCUT2D eigenvalue weighted by Crippen LogP contribution is -2.42. The fraction of sp³-hybridized carbons (Fsp3) is 1.00. The molecule has 0 bridgehead atoms. The predicted molar refractivity (Wildman–Crippen MR) is 88.8 cm³/mol. The van der Waals surface area contributed by atoms with E-state index in [2.05, 4.69) is 37.9 Å². The summed E-state index contributed by atoms with van der Waals surface area (Å²) in [6.07, 6.45) is 2.91. The molecule has 0 radical (unpaired) electrons. The van der Waals surface area contributed by atoms with E-state index >= 15 is 0 Å². The summed E-state index contributed by atoms with van der Waals surface area (Å²) < 4.78 is 11.1. The van der Waals surface area contributed by atoms with E-state index < -0.39 is 0 Å². The molecule has 1 rings (SSSR count). The Hall–Kier alpha value is -0.160. The van der Waals surface area contributed by atoms with Crippen molar-refractivity contribution in [3.8, 4) is 0 Å². The molecule has 1 fully saturated rings. The van der Waals surface area contributed by atoms with Crippen LogP contribution in [0, 0.1) is 11.3 Å². The Balaban J connectivity index is 2.53. The Morgan fingerprint density at radius 1 is 1.19 bits per heavy atom. The summed E-state index contributed by atoms with van der Waals surface area (Å²) in [4.78, 5) is 2.51. The lowest BCUT2D eigenvalue weighted by molar-refractivity contribution is -0.00461. The Kier molecular flexibility index (Phi) is 8.17. The highest BCUT2D eigenvalue weighted by Crippen LogP contribution is 2.27. The Morgan fingerprint density at radius 3 is 2.19 bits per heavy atom. The van der Waals surface area contributed by atoms with E-state index in [1.807, 2.05) is 0 Å². The third-order valence-corrected chi connectivity index (χ3v) is 4.46. The monoisotopic (exact) mass is 300 g/mol. The van der Waals surface area contributed by atoms with E-state index in [-0.39, 0.29) is 12.2 Å². The summed E-state index contributed by atoms with van der Waals surface area (Å²) in [5.41, 5.74) is 0.324. The van der Waals surface area contributed by atoms with Crippen LogP contribution in [0.5, 0.6) is 0 Å². The molecule has 4 nitrogen and oxygen atoms in total. The van der Waals surface area contributed by atoms with Crippen LogP contribution in [-0.2, 0) is 9.47 Å². The predicted octanol–water partition coefficient (Wildman–Crippen LogP) is 2.38. The third kappa shape index (κ3) is 6.23. The number of ether oxygens (including phenoxy) is 2. The maximum absolute atomic E-state index is 5.55. The number of likely N-dealkylation sites (tertiary alicyclic amines) is 1. The first-order chi connectivity index (χ1) is 9.94. The molecule has 0 aromatic heterocycles. The van der Waals surface area contributed by atoms with Crippen LogP contribution in [-0.4, -0.2) is 64.1 Å². The smallest absolute Gasteiger partial charge is 0.0971 e. The Labute approximate surface area is 131 Å². The molecule has 0 saturated carbocycles. The van der Waals surface area contributed by atoms with Crippen molar-refractivity contribution in [1.29, 1.82) is 0 Å². The van der Waals surface area contributed by atoms with Gasteiger partial charge in [0.1, 0.15) is 0 Å². The minimum Gasteiger partial charge on any atom is -0.377 e. The van der Waals surface area contributed by atoms with Crippen LogP contribution in [0.25, 0.3) is 0 Å². The number of rotatable bonds is 10. The first-order valence-electron chi connectivity index (χ1n) is 8.42. The molecule has 0 aromatic rings. The second kappa shape index (κ2) is 9.09. The molecule has 126 valence electrons. The van der Waals surface area contributed by atoms with Gasteiger partial charge in [-0.3, -0.25) is 4.90 Å². The molecule has 0 aliphatic carbocycles. The second-order valence-electron chi connectivity index (χ2n) is 7.33. The fourth-order valence-corrected chi connectivity index (χ4v) is 3.43. The minimum absolute atomic E-state index is 0.212. The lowest BCUT2D eigenvalue weighted by atomic mass is 9.84. The van der Waals surface area contributed by atoms with Crippen molar-refractivity contribution in [1.82, 2.24) is 10.2 Å². The molecule has 4 heteroatoms. The summed E-state index contributed by atoms with van der Waals surface area (Å²) in [6, 6.07) is 0. The van der Waals surface area contributed by atoms with E-state index in [0.717, 1.165) is 32.7 Å². The van der Waals surface area contributed by atoms with Crippen molar-refractivity contribution in [2.75, 3.05) is 46.9 Å². The average Bonchev–Trinajstić information content (AvgIpc) is 2.80. The van der Waals surface area contributed by atoms with Crippen molar-refractivity contribution in [2.24, 2.45) is 11.3 Å². The van der Waals surface area contributed by atoms with Crippen LogP contribution in [0.3, 0.4) is 0 Å². The third-order valence-electron chi connectivity index (χ3n) is 4.46. The van der Waals surface area contributed by atoms with Gasteiger partial charge in [0, 0.05) is 40.4 Å². The zero-order valence-electron chi connectivity index (χ0n) is 14.9. The van der Waals surface area contributed by atoms with Gasteiger partial charge in [-0.2, -0.15) is 0 Å². The van der Waals surface area contributed by atoms with Gasteiger partial charge in [0.25, 0.3) is 0 Å². The summed E-state index contributed by atoms with van der Waals surface area (Å²) in [7, 11) is 3.57. The quantitative estimate of drug-likeness (QED) is 0.672. The van der Waals surface area contributed by atoms with Crippen molar-refractivity contribution >= 4 is 0 Å². The SMILES string of the molecule is CCCC(C)(CNCC(C)C)CN1CC(OC)C(OC)C1. The minimum atomic E-state index is 0.212. The van der Waals surface area contributed by atoms with Crippen LogP contribution in [0.2, 0.25) is 0 Å². The Bertz CT molecular complexity index is 274. The maximum atomic E-state index is 5.55. The summed E-state index contributed by atoms with van der Waals surface area (Å²) in [5.74, 6) is 0.707. The van der Waals surface area contributed by atoms with Crippen molar-refractivity contribution in [2.45, 2.75) is 52.7 Å². The van der Waals surface area contributed by atoms with Gasteiger partial charge in [0.2, 0.25) is 0 Å². The largest absolute Gasteiger partial charge is 0.377 e. The molecule has 1 saturated heterocycles. The molecule has 1 N–H and O–H groups in total. The first kappa shape index (κ1) is 18.9. The van der Waals surface area contributed by atoms with Crippen LogP contribution < -0.4 is 5.32 Å². The van der Waals surface area contributed by atoms with Crippen LogP contribution in [0.4, 0.5) is 0 Å². The van der Waals surface area contributed by atoms with E-state index in [0.29, 0.717) is 11.3 Å². The highest BCUT2D eigenvalue weighted by molar-refractivity contribution is 4.90. The lowest BCUT2D eigenvalue weighted by Gasteiger charge is -2.34. The zero-order chi connectivity index (χ0) is 15.9. The first-order valence-corrected chi connectivity index (χ1v) is 8.42. The van der Waals surface area contributed by atoms with Crippen molar-refractivity contribution in [3.63, 3.8) is 0 Å². The van der Waals surface area contributed by atoms with Crippen molar-refractivity contribution < 1.29 is 9.47 Å². The molecule has 3 unspecified atom stereocenters. The number of hydrogen-bond acceptors (Lipinski definition) is 4. The maximum Gasteiger partial charge on any atom is 0.0971 e. The second-order valence-corrected chi connectivity index (χ2v) is 7.33. The number of nitrogens with zero attached hydrogens (tertiary/aromatic N) is 1. The van der Waals surface area contributed by atoms with Gasteiger partial charge in [0.05, 0.1) is 12.2 Å². The van der Waals surface area contributed by atoms with E-state index in [1.165, 1.54) is 12.8 Å². The molecule has 1 aliphatic heterocycles. The van der Waals surface area contributed by atoms with E-state index in [4.69, 9.17) is 9.47 Å². The highest BCUT2D eigenvalue weighted by atomic mass is 16.5. The molecule has 1 heterocycles. The van der Waals surface area contributed by atoms with Crippen LogP contribution in [0.15, 0.2) is 0 Å². The molecule has 0 amide bonds. The van der Waals surface area contributed by atoms with Crippen LogP contribution in [0.1, 0.15) is 40.5 Å². The summed E-state index contributed by atoms with van der Waals surface area (Å²) >= 11 is 0. The van der Waals surface area contributed by atoms with Gasteiger partial charge in [-0.25, -0.2) is 0 Å². The number of nitrogens with one attached hydrogen (secondary N) is 1.